The second-order valence-corrected chi connectivity index (χ2v) is 7.37. The zero-order chi connectivity index (χ0) is 19.1. The van der Waals surface area contributed by atoms with Crippen molar-refractivity contribution in [1.82, 2.24) is 15.5 Å². The van der Waals surface area contributed by atoms with Crippen molar-refractivity contribution < 1.29 is 4.74 Å². The van der Waals surface area contributed by atoms with Crippen LogP contribution in [0.2, 0.25) is 0 Å². The number of para-hydroxylation sites is 2. The normalized spacial score (nSPS) is 20.2. The van der Waals surface area contributed by atoms with Crippen LogP contribution in [0.1, 0.15) is 33.1 Å². The molecule has 1 aliphatic carbocycles. The number of hydrogen-bond donors (Lipinski definition) is 2. The molecule has 1 saturated heterocycles. The van der Waals surface area contributed by atoms with Crippen molar-refractivity contribution in [1.29, 1.82) is 0 Å². The topological polar surface area (TPSA) is 52.1 Å². The summed E-state index contributed by atoms with van der Waals surface area (Å²) < 4.78 is 5.52. The highest BCUT2D eigenvalue weighted by atomic mass is 16.5. The van der Waals surface area contributed by atoms with Crippen molar-refractivity contribution in [2.24, 2.45) is 4.99 Å². The number of nitrogens with zero attached hydrogens (tertiary/aromatic N) is 3. The number of hydrogen-bond acceptors (Lipinski definition) is 4. The van der Waals surface area contributed by atoms with Gasteiger partial charge in [-0.1, -0.05) is 19.1 Å². The van der Waals surface area contributed by atoms with E-state index in [4.69, 9.17) is 9.73 Å². The molecule has 1 heterocycles. The fraction of sp³-hybridized carbons (Fsp3) is 0.667. The van der Waals surface area contributed by atoms with Crippen LogP contribution in [-0.2, 0) is 0 Å². The van der Waals surface area contributed by atoms with Crippen LogP contribution in [0.25, 0.3) is 0 Å². The monoisotopic (exact) mass is 373 g/mol. The quantitative estimate of drug-likeness (QED) is 0.514. The van der Waals surface area contributed by atoms with Crippen molar-refractivity contribution >= 4 is 11.6 Å². The first kappa shape index (κ1) is 19.8. The minimum absolute atomic E-state index is 0.401. The lowest BCUT2D eigenvalue weighted by atomic mass is 10.2. The average Bonchev–Trinajstić information content (AvgIpc) is 3.43. The average molecular weight is 374 g/mol. The number of nitrogens with one attached hydrogen (secondary N) is 2. The van der Waals surface area contributed by atoms with Crippen LogP contribution in [0.3, 0.4) is 0 Å². The molecule has 6 heteroatoms. The summed E-state index contributed by atoms with van der Waals surface area (Å²) in [6, 6.07) is 9.47. The van der Waals surface area contributed by atoms with Gasteiger partial charge in [0, 0.05) is 38.3 Å². The zero-order valence-corrected chi connectivity index (χ0v) is 17.1. The van der Waals surface area contributed by atoms with E-state index in [2.05, 4.69) is 46.4 Å². The smallest absolute Gasteiger partial charge is 0.191 e. The highest BCUT2D eigenvalue weighted by molar-refractivity contribution is 5.80. The van der Waals surface area contributed by atoms with Crippen LogP contribution in [-0.4, -0.2) is 69.3 Å². The van der Waals surface area contributed by atoms with Crippen molar-refractivity contribution in [3.63, 3.8) is 0 Å². The van der Waals surface area contributed by atoms with Crippen LogP contribution >= 0.6 is 0 Å². The molecule has 0 spiro atoms. The Hall–Kier alpha value is -1.95. The molecule has 2 fully saturated rings. The van der Waals surface area contributed by atoms with E-state index in [1.54, 1.807) is 7.11 Å². The molecular weight excluding hydrogens is 338 g/mol. The van der Waals surface area contributed by atoms with Gasteiger partial charge in [0.1, 0.15) is 5.75 Å². The van der Waals surface area contributed by atoms with E-state index in [0.29, 0.717) is 6.04 Å². The Kier molecular flexibility index (Phi) is 7.21. The molecule has 1 aromatic carbocycles. The van der Waals surface area contributed by atoms with Crippen molar-refractivity contribution in [2.45, 2.75) is 45.2 Å². The van der Waals surface area contributed by atoms with Gasteiger partial charge in [0.25, 0.3) is 0 Å². The fourth-order valence-corrected chi connectivity index (χ4v) is 3.83. The van der Waals surface area contributed by atoms with E-state index >= 15 is 0 Å². The van der Waals surface area contributed by atoms with Crippen LogP contribution in [0.5, 0.6) is 5.75 Å². The van der Waals surface area contributed by atoms with Crippen molar-refractivity contribution in [3.05, 3.63) is 24.3 Å². The molecule has 1 saturated carbocycles. The summed E-state index contributed by atoms with van der Waals surface area (Å²) in [5.41, 5.74) is 1.18. The lowest BCUT2D eigenvalue weighted by molar-refractivity contribution is 0.286. The van der Waals surface area contributed by atoms with Gasteiger partial charge in [0.15, 0.2) is 5.96 Å². The summed E-state index contributed by atoms with van der Waals surface area (Å²) in [7, 11) is 1.74. The van der Waals surface area contributed by atoms with E-state index in [9.17, 15) is 0 Å². The molecule has 3 rings (SSSR count). The van der Waals surface area contributed by atoms with Gasteiger partial charge in [0.05, 0.1) is 19.3 Å². The molecule has 0 amide bonds. The molecule has 2 aliphatic rings. The molecule has 6 nitrogen and oxygen atoms in total. The van der Waals surface area contributed by atoms with Gasteiger partial charge in [0.2, 0.25) is 0 Å². The molecule has 27 heavy (non-hydrogen) atoms. The standard InChI is InChI=1S/C21H35N5O/c1-4-22-21(23-13-15-25(5-2)18-10-11-18)24-17-12-14-26(16-17)19-8-6-7-9-20(19)27-3/h6-9,17-18H,4-5,10-16H2,1-3H3,(H2,22,23,24). The number of benzene rings is 1. The number of guanidine groups is 1. The van der Waals surface area contributed by atoms with Gasteiger partial charge in [-0.3, -0.25) is 9.89 Å². The second kappa shape index (κ2) is 9.83. The van der Waals surface area contributed by atoms with E-state index in [-0.39, 0.29) is 0 Å². The summed E-state index contributed by atoms with van der Waals surface area (Å²) in [4.78, 5) is 9.76. The third kappa shape index (κ3) is 5.51. The van der Waals surface area contributed by atoms with Gasteiger partial charge in [-0.05, 0) is 44.9 Å². The van der Waals surface area contributed by atoms with Crippen molar-refractivity contribution in [2.75, 3.05) is 51.3 Å². The van der Waals surface area contributed by atoms with Gasteiger partial charge >= 0.3 is 0 Å². The Morgan fingerprint density at radius 1 is 1.26 bits per heavy atom. The van der Waals surface area contributed by atoms with Crippen LogP contribution in [0.15, 0.2) is 29.3 Å². The molecule has 150 valence electrons. The Labute approximate surface area is 164 Å². The number of anilines is 1. The third-order valence-electron chi connectivity index (χ3n) is 5.43. The van der Waals surface area contributed by atoms with E-state index in [1.807, 2.05) is 12.1 Å². The molecule has 1 unspecified atom stereocenters. The Morgan fingerprint density at radius 3 is 2.78 bits per heavy atom. The van der Waals surface area contributed by atoms with Crippen molar-refractivity contribution in [3.8, 4) is 5.75 Å². The van der Waals surface area contributed by atoms with Gasteiger partial charge in [-0.15, -0.1) is 0 Å². The van der Waals surface area contributed by atoms with E-state index in [1.165, 1.54) is 18.5 Å². The lowest BCUT2D eigenvalue weighted by Gasteiger charge is -2.22. The molecular formula is C21H35N5O. The molecule has 2 N–H and O–H groups in total. The largest absolute Gasteiger partial charge is 0.495 e. The molecule has 0 aromatic heterocycles. The summed E-state index contributed by atoms with van der Waals surface area (Å²) in [6.45, 7) is 10.3. The number of rotatable bonds is 9. The van der Waals surface area contributed by atoms with Crippen LogP contribution in [0, 0.1) is 0 Å². The predicted octanol–water partition coefficient (Wildman–Crippen LogP) is 2.31. The summed E-state index contributed by atoms with van der Waals surface area (Å²) in [6.07, 6.45) is 3.82. The summed E-state index contributed by atoms with van der Waals surface area (Å²) in [5, 5.41) is 7.03. The number of ether oxygens (including phenoxy) is 1. The minimum atomic E-state index is 0.401. The van der Waals surface area contributed by atoms with Gasteiger partial charge in [-0.2, -0.15) is 0 Å². The minimum Gasteiger partial charge on any atom is -0.495 e. The van der Waals surface area contributed by atoms with Crippen LogP contribution in [0.4, 0.5) is 5.69 Å². The number of methoxy groups -OCH3 is 1. The maximum atomic E-state index is 5.52. The molecule has 1 aromatic rings. The Bertz CT molecular complexity index is 616. The van der Waals surface area contributed by atoms with Crippen LogP contribution < -0.4 is 20.3 Å². The second-order valence-electron chi connectivity index (χ2n) is 7.37. The Balaban J connectivity index is 1.53. The summed E-state index contributed by atoms with van der Waals surface area (Å²) in [5.74, 6) is 1.88. The molecule has 0 radical (unpaired) electrons. The third-order valence-corrected chi connectivity index (χ3v) is 5.43. The van der Waals surface area contributed by atoms with Gasteiger partial charge < -0.3 is 20.3 Å². The SMILES string of the molecule is CCNC(=NCCN(CC)C1CC1)NC1CCN(c2ccccc2OC)C1. The highest BCUT2D eigenvalue weighted by Gasteiger charge is 2.27. The van der Waals surface area contributed by atoms with E-state index < -0.39 is 0 Å². The maximum Gasteiger partial charge on any atom is 0.191 e. The molecule has 1 aliphatic heterocycles. The first-order valence-corrected chi connectivity index (χ1v) is 10.4. The van der Waals surface area contributed by atoms with E-state index in [0.717, 1.165) is 63.4 Å². The molecule has 0 bridgehead atoms. The highest BCUT2D eigenvalue weighted by Crippen LogP contribution is 2.30. The summed E-state index contributed by atoms with van der Waals surface area (Å²) >= 11 is 0. The predicted molar refractivity (Wildman–Crippen MR) is 113 cm³/mol. The number of aliphatic imine (C=N–C) groups is 1. The lowest BCUT2D eigenvalue weighted by Crippen LogP contribution is -2.45. The zero-order valence-electron chi connectivity index (χ0n) is 17.1. The Morgan fingerprint density at radius 2 is 2.07 bits per heavy atom. The first-order chi connectivity index (χ1) is 13.2. The number of likely N-dealkylation sites (N-methyl/N-ethyl adjacent to an activating group) is 1. The first-order valence-electron chi connectivity index (χ1n) is 10.4. The fourth-order valence-electron chi connectivity index (χ4n) is 3.83. The molecule has 1 atom stereocenters. The maximum absolute atomic E-state index is 5.52. The van der Waals surface area contributed by atoms with Gasteiger partial charge in [-0.25, -0.2) is 0 Å².